The number of carbonyl (C=O) groups excluding carboxylic acids is 1. The number of pyridine rings is 1. The highest BCUT2D eigenvalue weighted by Crippen LogP contribution is 2.28. The Morgan fingerprint density at radius 2 is 2.21 bits per heavy atom. The summed E-state index contributed by atoms with van der Waals surface area (Å²) in [6.45, 7) is 0.743. The highest BCUT2D eigenvalue weighted by Gasteiger charge is 2.29. The summed E-state index contributed by atoms with van der Waals surface area (Å²) in [6, 6.07) is 2.65. The highest BCUT2D eigenvalue weighted by molar-refractivity contribution is 6.29. The number of anilines is 1. The van der Waals surface area contributed by atoms with Gasteiger partial charge >= 0.3 is 5.69 Å². The standard InChI is InChI=1S/C11H13ClN4O3/c12-9-4-3-8(16(18)19)10(15-9)13-5-6-14-11(17)7-1-2-7/h3-4,7H,1-2,5-6H2,(H,13,15)(H,14,17). The van der Waals surface area contributed by atoms with Gasteiger partial charge in [-0.3, -0.25) is 14.9 Å². The molecule has 0 radical (unpaired) electrons. The summed E-state index contributed by atoms with van der Waals surface area (Å²) in [5, 5.41) is 16.5. The van der Waals surface area contributed by atoms with Gasteiger partial charge in [-0.25, -0.2) is 4.98 Å². The van der Waals surface area contributed by atoms with Crippen molar-refractivity contribution >= 4 is 29.0 Å². The molecule has 19 heavy (non-hydrogen) atoms. The largest absolute Gasteiger partial charge is 0.363 e. The third-order valence-corrected chi connectivity index (χ3v) is 2.91. The molecule has 1 fully saturated rings. The molecule has 8 heteroatoms. The molecule has 1 aliphatic carbocycles. The number of halogens is 1. The molecular formula is C11H13ClN4O3. The maximum Gasteiger partial charge on any atom is 0.311 e. The normalized spacial score (nSPS) is 13.9. The number of nitrogens with zero attached hydrogens (tertiary/aromatic N) is 2. The monoisotopic (exact) mass is 284 g/mol. The highest BCUT2D eigenvalue weighted by atomic mass is 35.5. The van der Waals surface area contributed by atoms with E-state index in [9.17, 15) is 14.9 Å². The van der Waals surface area contributed by atoms with Crippen molar-refractivity contribution in [1.82, 2.24) is 10.3 Å². The van der Waals surface area contributed by atoms with Crippen molar-refractivity contribution in [2.45, 2.75) is 12.8 Å². The second-order valence-electron chi connectivity index (χ2n) is 4.25. The molecular weight excluding hydrogens is 272 g/mol. The number of amides is 1. The number of nitrogens with one attached hydrogen (secondary N) is 2. The maximum atomic E-state index is 11.4. The summed E-state index contributed by atoms with van der Waals surface area (Å²) in [7, 11) is 0. The van der Waals surface area contributed by atoms with E-state index in [0.29, 0.717) is 13.1 Å². The van der Waals surface area contributed by atoms with Gasteiger partial charge in [0.15, 0.2) is 0 Å². The van der Waals surface area contributed by atoms with Crippen molar-refractivity contribution in [1.29, 1.82) is 0 Å². The Balaban J connectivity index is 1.85. The molecule has 0 unspecified atom stereocenters. The van der Waals surface area contributed by atoms with Crippen molar-refractivity contribution < 1.29 is 9.72 Å². The van der Waals surface area contributed by atoms with Crippen LogP contribution in [0.4, 0.5) is 11.5 Å². The topological polar surface area (TPSA) is 97.2 Å². The Labute approximate surface area is 114 Å². The van der Waals surface area contributed by atoms with Crippen LogP contribution in [0.15, 0.2) is 12.1 Å². The maximum absolute atomic E-state index is 11.4. The first kappa shape index (κ1) is 13.5. The molecule has 1 aromatic rings. The number of hydrogen-bond donors (Lipinski definition) is 2. The van der Waals surface area contributed by atoms with E-state index in [1.54, 1.807) is 0 Å². The molecule has 0 saturated heterocycles. The average molecular weight is 285 g/mol. The Kier molecular flexibility index (Phi) is 4.16. The Morgan fingerprint density at radius 3 is 2.84 bits per heavy atom. The second kappa shape index (κ2) is 5.83. The molecule has 2 N–H and O–H groups in total. The van der Waals surface area contributed by atoms with Gasteiger partial charge in [0, 0.05) is 25.1 Å². The minimum absolute atomic E-state index is 0.0374. The molecule has 0 aliphatic heterocycles. The van der Waals surface area contributed by atoms with E-state index in [2.05, 4.69) is 15.6 Å². The van der Waals surface area contributed by atoms with Crippen LogP contribution in [-0.2, 0) is 4.79 Å². The smallest absolute Gasteiger partial charge is 0.311 e. The Hall–Kier alpha value is -1.89. The summed E-state index contributed by atoms with van der Waals surface area (Å²) >= 11 is 5.69. The van der Waals surface area contributed by atoms with Crippen LogP contribution >= 0.6 is 11.6 Å². The molecule has 1 saturated carbocycles. The number of carbonyl (C=O) groups is 1. The van der Waals surface area contributed by atoms with E-state index in [4.69, 9.17) is 11.6 Å². The van der Waals surface area contributed by atoms with Gasteiger partial charge in [-0.2, -0.15) is 0 Å². The van der Waals surface area contributed by atoms with E-state index in [0.717, 1.165) is 12.8 Å². The summed E-state index contributed by atoms with van der Waals surface area (Å²) in [5.41, 5.74) is -0.141. The lowest BCUT2D eigenvalue weighted by atomic mass is 10.3. The van der Waals surface area contributed by atoms with Crippen LogP contribution in [-0.4, -0.2) is 28.9 Å². The summed E-state index contributed by atoms with van der Waals surface area (Å²) in [5.74, 6) is 0.298. The van der Waals surface area contributed by atoms with E-state index in [1.807, 2.05) is 0 Å². The van der Waals surface area contributed by atoms with Crippen LogP contribution in [0.3, 0.4) is 0 Å². The molecule has 0 atom stereocenters. The zero-order valence-corrected chi connectivity index (χ0v) is 10.8. The fourth-order valence-corrected chi connectivity index (χ4v) is 1.71. The predicted molar refractivity (Wildman–Crippen MR) is 70.1 cm³/mol. The van der Waals surface area contributed by atoms with Gasteiger partial charge in [-0.05, 0) is 18.9 Å². The zero-order chi connectivity index (χ0) is 13.8. The summed E-state index contributed by atoms with van der Waals surface area (Å²) in [4.78, 5) is 25.5. The van der Waals surface area contributed by atoms with Crippen molar-refractivity contribution in [2.24, 2.45) is 5.92 Å². The van der Waals surface area contributed by atoms with Crippen LogP contribution < -0.4 is 10.6 Å². The van der Waals surface area contributed by atoms with E-state index in [1.165, 1.54) is 12.1 Å². The van der Waals surface area contributed by atoms with Gasteiger partial charge in [0.25, 0.3) is 0 Å². The van der Waals surface area contributed by atoms with Crippen LogP contribution in [0.25, 0.3) is 0 Å². The minimum Gasteiger partial charge on any atom is -0.363 e. The lowest BCUT2D eigenvalue weighted by Gasteiger charge is -2.07. The third-order valence-electron chi connectivity index (χ3n) is 2.70. The molecule has 1 heterocycles. The first-order valence-electron chi connectivity index (χ1n) is 5.90. The predicted octanol–water partition coefficient (Wildman–Crippen LogP) is 1.58. The van der Waals surface area contributed by atoms with Gasteiger partial charge in [0.1, 0.15) is 5.15 Å². The van der Waals surface area contributed by atoms with Crippen molar-refractivity contribution in [3.63, 3.8) is 0 Å². The number of aromatic nitrogens is 1. The molecule has 7 nitrogen and oxygen atoms in total. The molecule has 2 rings (SSSR count). The molecule has 0 spiro atoms. The third kappa shape index (κ3) is 3.78. The molecule has 1 aliphatic rings. The molecule has 102 valence electrons. The zero-order valence-electron chi connectivity index (χ0n) is 10.1. The van der Waals surface area contributed by atoms with Gasteiger partial charge in [0.2, 0.25) is 11.7 Å². The van der Waals surface area contributed by atoms with Crippen LogP contribution in [0, 0.1) is 16.0 Å². The molecule has 1 aromatic heterocycles. The molecule has 0 aromatic carbocycles. The lowest BCUT2D eigenvalue weighted by molar-refractivity contribution is -0.384. The van der Waals surface area contributed by atoms with Crippen LogP contribution in [0.2, 0.25) is 5.15 Å². The minimum atomic E-state index is -0.533. The Morgan fingerprint density at radius 1 is 1.47 bits per heavy atom. The van der Waals surface area contributed by atoms with Crippen molar-refractivity contribution in [3.05, 3.63) is 27.4 Å². The fraction of sp³-hybridized carbons (Fsp3) is 0.455. The summed E-state index contributed by atoms with van der Waals surface area (Å²) in [6.07, 6.45) is 1.89. The van der Waals surface area contributed by atoms with Gasteiger partial charge < -0.3 is 10.6 Å². The fourth-order valence-electron chi connectivity index (χ4n) is 1.56. The first-order valence-corrected chi connectivity index (χ1v) is 6.28. The van der Waals surface area contributed by atoms with Crippen molar-refractivity contribution in [3.8, 4) is 0 Å². The van der Waals surface area contributed by atoms with Gasteiger partial charge in [-0.1, -0.05) is 11.6 Å². The first-order chi connectivity index (χ1) is 9.08. The van der Waals surface area contributed by atoms with E-state index in [-0.39, 0.29) is 28.5 Å². The second-order valence-corrected chi connectivity index (χ2v) is 4.64. The number of rotatable bonds is 6. The molecule has 0 bridgehead atoms. The average Bonchev–Trinajstić information content (AvgIpc) is 3.18. The number of nitro groups is 1. The van der Waals surface area contributed by atoms with E-state index >= 15 is 0 Å². The molecule has 1 amide bonds. The van der Waals surface area contributed by atoms with Crippen molar-refractivity contribution in [2.75, 3.05) is 18.4 Å². The van der Waals surface area contributed by atoms with E-state index < -0.39 is 4.92 Å². The SMILES string of the molecule is O=C(NCCNc1nc(Cl)ccc1[N+](=O)[O-])C1CC1. The van der Waals surface area contributed by atoms with Gasteiger partial charge in [-0.15, -0.1) is 0 Å². The van der Waals surface area contributed by atoms with Gasteiger partial charge in [0.05, 0.1) is 4.92 Å². The summed E-state index contributed by atoms with van der Waals surface area (Å²) < 4.78 is 0. The lowest BCUT2D eigenvalue weighted by Crippen LogP contribution is -2.30. The Bertz CT molecular complexity index is 505. The number of hydrogen-bond acceptors (Lipinski definition) is 5. The quantitative estimate of drug-likeness (QED) is 0.358. The van der Waals surface area contributed by atoms with Crippen LogP contribution in [0.1, 0.15) is 12.8 Å². The van der Waals surface area contributed by atoms with Crippen LogP contribution in [0.5, 0.6) is 0 Å².